The third-order valence-electron chi connectivity index (χ3n) is 3.41. The summed E-state index contributed by atoms with van der Waals surface area (Å²) in [4.78, 5) is 3.92. The monoisotopic (exact) mass is 254 g/mol. The Labute approximate surface area is 105 Å². The second-order valence-electron chi connectivity index (χ2n) is 4.67. The molecule has 0 aromatic heterocycles. The minimum atomic E-state index is 0.222. The van der Waals surface area contributed by atoms with Gasteiger partial charge in [-0.15, -0.1) is 0 Å². The zero-order valence-electron chi connectivity index (χ0n) is 9.29. The maximum Gasteiger partial charge on any atom is 0.0905 e. The summed E-state index contributed by atoms with van der Waals surface area (Å²) < 4.78 is 0. The topological polar surface area (TPSA) is 15.3 Å². The molecule has 0 saturated carbocycles. The minimum absolute atomic E-state index is 0.222. The summed E-state index contributed by atoms with van der Waals surface area (Å²) in [7, 11) is 2.19. The van der Waals surface area contributed by atoms with Crippen molar-refractivity contribution >= 4 is 29.1 Å². The molecule has 86 valence electrons. The standard InChI is InChI=1S/C12H15ClN2S/c1-15-6-4-12(5-7-15)14-10-3-2-9(13)8-11(10)16-12/h2-3,8,14H,4-7H2,1H3. The Hall–Kier alpha value is -0.380. The van der Waals surface area contributed by atoms with Crippen LogP contribution in [0.1, 0.15) is 12.8 Å². The van der Waals surface area contributed by atoms with Gasteiger partial charge in [0, 0.05) is 28.7 Å². The Morgan fingerprint density at radius 1 is 1.38 bits per heavy atom. The van der Waals surface area contributed by atoms with Gasteiger partial charge >= 0.3 is 0 Å². The molecular weight excluding hydrogens is 240 g/mol. The largest absolute Gasteiger partial charge is 0.369 e. The van der Waals surface area contributed by atoms with Crippen molar-refractivity contribution in [3.63, 3.8) is 0 Å². The first-order chi connectivity index (χ1) is 7.67. The van der Waals surface area contributed by atoms with E-state index in [9.17, 15) is 0 Å². The van der Waals surface area contributed by atoms with Crippen molar-refractivity contribution in [2.45, 2.75) is 22.6 Å². The molecular formula is C12H15ClN2S. The number of halogens is 1. The number of thioether (sulfide) groups is 1. The average molecular weight is 255 g/mol. The van der Waals surface area contributed by atoms with Crippen LogP contribution in [-0.2, 0) is 0 Å². The lowest BCUT2D eigenvalue weighted by molar-refractivity contribution is 0.252. The van der Waals surface area contributed by atoms with E-state index in [1.165, 1.54) is 36.5 Å². The van der Waals surface area contributed by atoms with Crippen molar-refractivity contribution in [2.24, 2.45) is 0 Å². The van der Waals surface area contributed by atoms with E-state index in [1.54, 1.807) is 0 Å². The molecule has 2 nitrogen and oxygen atoms in total. The summed E-state index contributed by atoms with van der Waals surface area (Å²) in [6.07, 6.45) is 2.39. The Kier molecular flexibility index (Phi) is 2.57. The van der Waals surface area contributed by atoms with E-state index < -0.39 is 0 Å². The van der Waals surface area contributed by atoms with Gasteiger partial charge in [0.2, 0.25) is 0 Å². The summed E-state index contributed by atoms with van der Waals surface area (Å²) in [6.45, 7) is 2.34. The van der Waals surface area contributed by atoms with Crippen LogP contribution in [0.4, 0.5) is 5.69 Å². The van der Waals surface area contributed by atoms with Crippen LogP contribution in [0, 0.1) is 0 Å². The van der Waals surface area contributed by atoms with E-state index >= 15 is 0 Å². The van der Waals surface area contributed by atoms with Crippen LogP contribution >= 0.6 is 23.4 Å². The van der Waals surface area contributed by atoms with Gasteiger partial charge in [0.25, 0.3) is 0 Å². The molecule has 1 spiro atoms. The summed E-state index contributed by atoms with van der Waals surface area (Å²) in [5, 5.41) is 4.51. The first-order valence-corrected chi connectivity index (χ1v) is 6.82. The number of rotatable bonds is 0. The van der Waals surface area contributed by atoms with Gasteiger partial charge < -0.3 is 10.2 Å². The molecule has 0 amide bonds. The molecule has 3 rings (SSSR count). The third-order valence-corrected chi connectivity index (χ3v) is 5.10. The van der Waals surface area contributed by atoms with Crippen molar-refractivity contribution in [3.8, 4) is 0 Å². The SMILES string of the molecule is CN1CCC2(CC1)Nc1ccc(Cl)cc1S2. The summed E-state index contributed by atoms with van der Waals surface area (Å²) >= 11 is 7.98. The Bertz CT molecular complexity index is 413. The van der Waals surface area contributed by atoms with Gasteiger partial charge in [-0.25, -0.2) is 0 Å². The second kappa shape index (κ2) is 3.83. The molecule has 1 fully saturated rings. The van der Waals surface area contributed by atoms with Crippen LogP contribution in [-0.4, -0.2) is 29.9 Å². The number of nitrogens with one attached hydrogen (secondary N) is 1. The number of hydrogen-bond acceptors (Lipinski definition) is 3. The molecule has 16 heavy (non-hydrogen) atoms. The molecule has 2 aliphatic heterocycles. The number of benzene rings is 1. The smallest absolute Gasteiger partial charge is 0.0905 e. The summed E-state index contributed by atoms with van der Waals surface area (Å²) in [6, 6.07) is 6.13. The first-order valence-electron chi connectivity index (χ1n) is 5.62. The zero-order chi connectivity index (χ0) is 11.2. The number of fused-ring (bicyclic) bond motifs is 1. The van der Waals surface area contributed by atoms with Crippen molar-refractivity contribution in [1.82, 2.24) is 4.90 Å². The fourth-order valence-electron chi connectivity index (χ4n) is 2.37. The van der Waals surface area contributed by atoms with Gasteiger partial charge in [0.15, 0.2) is 0 Å². The molecule has 0 bridgehead atoms. The van der Waals surface area contributed by atoms with Crippen LogP contribution in [0.5, 0.6) is 0 Å². The number of anilines is 1. The molecule has 1 N–H and O–H groups in total. The normalized spacial score (nSPS) is 23.1. The van der Waals surface area contributed by atoms with E-state index in [1.807, 2.05) is 17.8 Å². The molecule has 0 aliphatic carbocycles. The van der Waals surface area contributed by atoms with Crippen LogP contribution in [0.2, 0.25) is 5.02 Å². The van der Waals surface area contributed by atoms with Gasteiger partial charge in [-0.05, 0) is 38.1 Å². The second-order valence-corrected chi connectivity index (χ2v) is 6.53. The molecule has 2 heterocycles. The molecule has 0 unspecified atom stereocenters. The molecule has 1 aromatic rings. The highest BCUT2D eigenvalue weighted by Crippen LogP contribution is 2.50. The van der Waals surface area contributed by atoms with E-state index in [4.69, 9.17) is 11.6 Å². The van der Waals surface area contributed by atoms with Crippen LogP contribution < -0.4 is 5.32 Å². The van der Waals surface area contributed by atoms with Crippen molar-refractivity contribution in [2.75, 3.05) is 25.5 Å². The lowest BCUT2D eigenvalue weighted by Crippen LogP contribution is -2.43. The molecule has 0 radical (unpaired) electrons. The minimum Gasteiger partial charge on any atom is -0.369 e. The summed E-state index contributed by atoms with van der Waals surface area (Å²) in [5.41, 5.74) is 1.25. The van der Waals surface area contributed by atoms with Crippen molar-refractivity contribution in [1.29, 1.82) is 0 Å². The predicted octanol–water partition coefficient (Wildman–Crippen LogP) is 3.28. The van der Waals surface area contributed by atoms with Crippen molar-refractivity contribution < 1.29 is 0 Å². The highest BCUT2D eigenvalue weighted by Gasteiger charge is 2.39. The Balaban J connectivity index is 1.84. The predicted molar refractivity (Wildman–Crippen MR) is 70.4 cm³/mol. The van der Waals surface area contributed by atoms with Gasteiger partial charge in [-0.1, -0.05) is 23.4 Å². The Morgan fingerprint density at radius 3 is 2.88 bits per heavy atom. The number of nitrogens with zero attached hydrogens (tertiary/aromatic N) is 1. The quantitative estimate of drug-likeness (QED) is 0.765. The molecule has 1 saturated heterocycles. The fraction of sp³-hybridized carbons (Fsp3) is 0.500. The van der Waals surface area contributed by atoms with Gasteiger partial charge in [-0.3, -0.25) is 0 Å². The van der Waals surface area contributed by atoms with Crippen LogP contribution in [0.25, 0.3) is 0 Å². The van der Waals surface area contributed by atoms with Gasteiger partial charge in [-0.2, -0.15) is 0 Å². The lowest BCUT2D eigenvalue weighted by atomic mass is 10.0. The van der Waals surface area contributed by atoms with Gasteiger partial charge in [0.05, 0.1) is 4.87 Å². The molecule has 4 heteroatoms. The number of likely N-dealkylation sites (tertiary alicyclic amines) is 1. The maximum absolute atomic E-state index is 6.02. The van der Waals surface area contributed by atoms with Crippen LogP contribution in [0.15, 0.2) is 23.1 Å². The molecule has 1 aromatic carbocycles. The van der Waals surface area contributed by atoms with Crippen molar-refractivity contribution in [3.05, 3.63) is 23.2 Å². The lowest BCUT2D eigenvalue weighted by Gasteiger charge is -2.37. The highest BCUT2D eigenvalue weighted by atomic mass is 35.5. The highest BCUT2D eigenvalue weighted by molar-refractivity contribution is 8.01. The van der Waals surface area contributed by atoms with Gasteiger partial charge in [0.1, 0.15) is 0 Å². The summed E-state index contributed by atoms with van der Waals surface area (Å²) in [5.74, 6) is 0. The van der Waals surface area contributed by atoms with Crippen LogP contribution in [0.3, 0.4) is 0 Å². The Morgan fingerprint density at radius 2 is 2.12 bits per heavy atom. The number of piperidine rings is 1. The fourth-order valence-corrected chi connectivity index (χ4v) is 3.99. The zero-order valence-corrected chi connectivity index (χ0v) is 10.9. The molecule has 2 aliphatic rings. The average Bonchev–Trinajstić information content (AvgIpc) is 2.60. The maximum atomic E-state index is 6.02. The first kappa shape index (κ1) is 10.8. The van der Waals surface area contributed by atoms with E-state index in [-0.39, 0.29) is 4.87 Å². The van der Waals surface area contributed by atoms with E-state index in [0.717, 1.165) is 5.02 Å². The van der Waals surface area contributed by atoms with E-state index in [2.05, 4.69) is 29.4 Å². The number of hydrogen-bond donors (Lipinski definition) is 1. The molecule has 0 atom stereocenters. The van der Waals surface area contributed by atoms with E-state index in [0.29, 0.717) is 0 Å². The third kappa shape index (κ3) is 1.81.